The summed E-state index contributed by atoms with van der Waals surface area (Å²) >= 11 is 0. The third kappa shape index (κ3) is 4.36. The number of amides is 2. The fourth-order valence-corrected chi connectivity index (χ4v) is 3.62. The molecule has 2 rings (SSSR count). The molecule has 0 saturated carbocycles. The van der Waals surface area contributed by atoms with Crippen LogP contribution in [0.25, 0.3) is 0 Å². The predicted molar refractivity (Wildman–Crippen MR) is 86.6 cm³/mol. The van der Waals surface area contributed by atoms with Crippen LogP contribution in [0.1, 0.15) is 23.3 Å². The first-order valence-corrected chi connectivity index (χ1v) is 8.23. The molecule has 0 aliphatic carbocycles. The van der Waals surface area contributed by atoms with Gasteiger partial charge in [0.1, 0.15) is 5.75 Å². The number of rotatable bonds is 5. The average molecular weight is 315 g/mol. The molecule has 1 atom stereocenters. The maximum atomic E-state index is 12.7. The van der Waals surface area contributed by atoms with E-state index in [1.807, 2.05) is 60.7 Å². The first-order chi connectivity index (χ1) is 10.6. The summed E-state index contributed by atoms with van der Waals surface area (Å²) in [4.78, 5) is 22.6. The quantitative estimate of drug-likeness (QED) is 0.920. The van der Waals surface area contributed by atoms with E-state index in [0.717, 1.165) is 11.1 Å². The van der Waals surface area contributed by atoms with Gasteiger partial charge in [0, 0.05) is 17.7 Å². The van der Waals surface area contributed by atoms with Crippen molar-refractivity contribution in [3.8, 4) is 0 Å². The molecule has 0 fully saturated rings. The van der Waals surface area contributed by atoms with Gasteiger partial charge in [0.25, 0.3) is 0 Å². The molecule has 114 valence electrons. The monoisotopic (exact) mass is 315 g/mol. The van der Waals surface area contributed by atoms with Crippen molar-refractivity contribution in [3.63, 3.8) is 0 Å². The van der Waals surface area contributed by atoms with Gasteiger partial charge < -0.3 is 0 Å². The molecule has 2 aromatic rings. The van der Waals surface area contributed by atoms with Crippen LogP contribution >= 0.6 is 0 Å². The molecule has 0 aromatic heterocycles. The van der Waals surface area contributed by atoms with E-state index in [1.54, 1.807) is 0 Å². The normalized spacial score (nSPS) is 11.9. The van der Waals surface area contributed by atoms with E-state index in [4.69, 9.17) is 0 Å². The van der Waals surface area contributed by atoms with Gasteiger partial charge in [-0.05, 0) is 11.1 Å². The highest BCUT2D eigenvalue weighted by Crippen LogP contribution is 2.28. The van der Waals surface area contributed by atoms with Crippen LogP contribution in [-0.4, -0.2) is 21.8 Å². The zero-order chi connectivity index (χ0) is 15.9. The summed E-state index contributed by atoms with van der Waals surface area (Å²) < 4.78 is 12.7. The number of hydrogen-bond donors (Lipinski definition) is 1. The van der Waals surface area contributed by atoms with Crippen molar-refractivity contribution in [1.82, 2.24) is 5.32 Å². The molecule has 5 heteroatoms. The van der Waals surface area contributed by atoms with Crippen molar-refractivity contribution in [2.45, 2.75) is 12.2 Å². The van der Waals surface area contributed by atoms with Crippen molar-refractivity contribution in [2.24, 2.45) is 0 Å². The number of carbonyl (C=O) groups excluding carboxylic acids is 2. The molecule has 2 aromatic carbocycles. The Morgan fingerprint density at radius 2 is 1.41 bits per heavy atom. The summed E-state index contributed by atoms with van der Waals surface area (Å²) in [5.74, 6) is -1.19. The third-order valence-corrected chi connectivity index (χ3v) is 4.67. The molecule has 4 nitrogen and oxygen atoms in total. The van der Waals surface area contributed by atoms with Gasteiger partial charge in [0.15, 0.2) is 0 Å². The Morgan fingerprint density at radius 1 is 0.955 bits per heavy atom. The van der Waals surface area contributed by atoms with Crippen LogP contribution in [0, 0.1) is 0 Å². The van der Waals surface area contributed by atoms with E-state index in [1.165, 1.54) is 6.92 Å². The molecular formula is C17H17NO3S. The lowest BCUT2D eigenvalue weighted by molar-refractivity contribution is -0.127. The molecule has 0 heterocycles. The average Bonchev–Trinajstić information content (AvgIpc) is 2.48. The van der Waals surface area contributed by atoms with E-state index in [2.05, 4.69) is 5.32 Å². The Kier molecular flexibility index (Phi) is 5.61. The number of nitrogens with one attached hydrogen (secondary N) is 1. The summed E-state index contributed by atoms with van der Waals surface area (Å²) in [7, 11) is -1.47. The second-order valence-electron chi connectivity index (χ2n) is 4.83. The van der Waals surface area contributed by atoms with Gasteiger partial charge in [0.2, 0.25) is 11.8 Å². The molecule has 0 bridgehead atoms. The summed E-state index contributed by atoms with van der Waals surface area (Å²) in [6.45, 7) is 1.26. The summed E-state index contributed by atoms with van der Waals surface area (Å²) in [6.07, 6.45) is 0. The topological polar surface area (TPSA) is 63.2 Å². The number of hydrogen-bond acceptors (Lipinski definition) is 3. The fraction of sp³-hybridized carbons (Fsp3) is 0.176. The lowest BCUT2D eigenvalue weighted by atomic mass is 10.0. The van der Waals surface area contributed by atoms with E-state index >= 15 is 0 Å². The number of imide groups is 1. The van der Waals surface area contributed by atoms with Crippen molar-refractivity contribution < 1.29 is 13.8 Å². The van der Waals surface area contributed by atoms with Crippen LogP contribution in [0.5, 0.6) is 0 Å². The Hall–Kier alpha value is -2.27. The van der Waals surface area contributed by atoms with Gasteiger partial charge in [-0.15, -0.1) is 0 Å². The van der Waals surface area contributed by atoms with Crippen LogP contribution < -0.4 is 5.32 Å². The molecule has 22 heavy (non-hydrogen) atoms. The first-order valence-electron chi connectivity index (χ1n) is 6.85. The van der Waals surface area contributed by atoms with Gasteiger partial charge in [-0.2, -0.15) is 0 Å². The van der Waals surface area contributed by atoms with Crippen LogP contribution in [-0.2, 0) is 20.4 Å². The van der Waals surface area contributed by atoms with Crippen LogP contribution in [0.15, 0.2) is 60.7 Å². The zero-order valence-corrected chi connectivity index (χ0v) is 13.0. The Bertz CT molecular complexity index is 631. The van der Waals surface area contributed by atoms with Crippen LogP contribution in [0.3, 0.4) is 0 Å². The van der Waals surface area contributed by atoms with Crippen molar-refractivity contribution in [1.29, 1.82) is 0 Å². The highest BCUT2D eigenvalue weighted by Gasteiger charge is 2.23. The standard InChI is InChI=1S/C17H17NO3S/c1-13(19)18-16(20)12-22(21)17(14-8-4-2-5-9-14)15-10-6-3-7-11-15/h2-11,17H,12H2,1H3,(H,18,19,20). The molecule has 0 aliphatic rings. The minimum Gasteiger partial charge on any atom is -0.296 e. The SMILES string of the molecule is CC(=O)NC(=O)CS(=O)C(c1ccccc1)c1ccccc1. The predicted octanol–water partition coefficient (Wildman–Crippen LogP) is 2.19. The van der Waals surface area contributed by atoms with Gasteiger partial charge in [-0.1, -0.05) is 60.7 Å². The molecule has 0 saturated heterocycles. The highest BCUT2D eigenvalue weighted by atomic mass is 32.2. The van der Waals surface area contributed by atoms with Gasteiger partial charge >= 0.3 is 0 Å². The number of carbonyl (C=O) groups is 2. The molecule has 2 amide bonds. The van der Waals surface area contributed by atoms with Crippen LogP contribution in [0.4, 0.5) is 0 Å². The Morgan fingerprint density at radius 3 is 1.82 bits per heavy atom. The second kappa shape index (κ2) is 7.66. The molecular weight excluding hydrogens is 298 g/mol. The lowest BCUT2D eigenvalue weighted by Crippen LogP contribution is -2.33. The lowest BCUT2D eigenvalue weighted by Gasteiger charge is -2.17. The van der Waals surface area contributed by atoms with Gasteiger partial charge in [0.05, 0.1) is 5.25 Å². The Balaban J connectivity index is 2.27. The van der Waals surface area contributed by atoms with E-state index in [9.17, 15) is 13.8 Å². The molecule has 0 radical (unpaired) electrons. The second-order valence-corrected chi connectivity index (χ2v) is 6.35. The number of benzene rings is 2. The Labute approximate surface area is 132 Å². The summed E-state index contributed by atoms with van der Waals surface area (Å²) in [5, 5.41) is 1.76. The summed E-state index contributed by atoms with van der Waals surface area (Å²) in [5.41, 5.74) is 1.75. The van der Waals surface area contributed by atoms with Crippen molar-refractivity contribution in [3.05, 3.63) is 71.8 Å². The maximum Gasteiger partial charge on any atom is 0.239 e. The largest absolute Gasteiger partial charge is 0.296 e. The van der Waals surface area contributed by atoms with Crippen molar-refractivity contribution >= 4 is 22.6 Å². The van der Waals surface area contributed by atoms with E-state index in [-0.39, 0.29) is 5.75 Å². The maximum absolute atomic E-state index is 12.7. The van der Waals surface area contributed by atoms with Gasteiger partial charge in [-0.3, -0.25) is 19.1 Å². The minimum atomic E-state index is -1.47. The van der Waals surface area contributed by atoms with Gasteiger partial charge in [-0.25, -0.2) is 0 Å². The van der Waals surface area contributed by atoms with E-state index in [0.29, 0.717) is 0 Å². The van der Waals surface area contributed by atoms with Crippen molar-refractivity contribution in [2.75, 3.05) is 5.75 Å². The molecule has 0 aliphatic heterocycles. The minimum absolute atomic E-state index is 0.214. The zero-order valence-electron chi connectivity index (χ0n) is 12.2. The fourth-order valence-electron chi connectivity index (χ4n) is 2.20. The molecule has 0 spiro atoms. The molecule has 1 N–H and O–H groups in total. The first kappa shape index (κ1) is 16.1. The smallest absolute Gasteiger partial charge is 0.239 e. The summed E-state index contributed by atoms with van der Waals surface area (Å²) in [6, 6.07) is 18.8. The highest BCUT2D eigenvalue weighted by molar-refractivity contribution is 7.86. The van der Waals surface area contributed by atoms with E-state index < -0.39 is 27.9 Å². The third-order valence-electron chi connectivity index (χ3n) is 3.06. The van der Waals surface area contributed by atoms with Crippen LogP contribution in [0.2, 0.25) is 0 Å². The molecule has 1 unspecified atom stereocenters.